The van der Waals surface area contributed by atoms with Gasteiger partial charge < -0.3 is 10.2 Å². The van der Waals surface area contributed by atoms with Crippen LogP contribution in [0.25, 0.3) is 0 Å². The highest BCUT2D eigenvalue weighted by molar-refractivity contribution is 7.92. The molecule has 0 saturated carbocycles. The number of benzene rings is 2. The quantitative estimate of drug-likeness (QED) is 0.589. The molecule has 0 saturated heterocycles. The van der Waals surface area contributed by atoms with Crippen molar-refractivity contribution in [3.05, 3.63) is 64.7 Å². The first kappa shape index (κ1) is 25.5. The van der Waals surface area contributed by atoms with Crippen molar-refractivity contribution in [3.63, 3.8) is 0 Å². The van der Waals surface area contributed by atoms with Crippen molar-refractivity contribution in [2.45, 2.75) is 25.9 Å². The van der Waals surface area contributed by atoms with E-state index < -0.39 is 46.1 Å². The van der Waals surface area contributed by atoms with Crippen molar-refractivity contribution in [2.75, 3.05) is 24.2 Å². The molecule has 2 amide bonds. The molecule has 0 aliphatic rings. The Bertz CT molecular complexity index is 1100. The molecule has 1 N–H and O–H groups in total. The van der Waals surface area contributed by atoms with Gasteiger partial charge in [-0.2, -0.15) is 0 Å². The first-order chi connectivity index (χ1) is 15.0. The smallest absolute Gasteiger partial charge is 0.244 e. The van der Waals surface area contributed by atoms with Gasteiger partial charge in [0, 0.05) is 24.7 Å². The van der Waals surface area contributed by atoms with E-state index in [0.717, 1.165) is 18.4 Å². The second kappa shape index (κ2) is 10.7. The molecule has 0 aliphatic carbocycles. The Morgan fingerprint density at radius 2 is 1.78 bits per heavy atom. The molecule has 0 aliphatic heterocycles. The van der Waals surface area contributed by atoms with E-state index in [4.69, 9.17) is 11.6 Å². The maximum absolute atomic E-state index is 13.7. The van der Waals surface area contributed by atoms with E-state index in [2.05, 4.69) is 5.32 Å². The molecule has 0 fully saturated rings. The van der Waals surface area contributed by atoms with Crippen molar-refractivity contribution in [1.82, 2.24) is 10.2 Å². The zero-order chi connectivity index (χ0) is 24.1. The van der Waals surface area contributed by atoms with Crippen LogP contribution in [0.5, 0.6) is 0 Å². The van der Waals surface area contributed by atoms with Gasteiger partial charge in [0.2, 0.25) is 21.8 Å². The van der Waals surface area contributed by atoms with Crippen molar-refractivity contribution >= 4 is 39.1 Å². The first-order valence-corrected chi connectivity index (χ1v) is 11.9. The van der Waals surface area contributed by atoms with Gasteiger partial charge in [-0.3, -0.25) is 13.9 Å². The number of likely N-dealkylation sites (N-methyl/N-ethyl adjacent to an activating group) is 1. The second-order valence-electron chi connectivity index (χ2n) is 7.02. The minimum absolute atomic E-state index is 0.0557. The van der Waals surface area contributed by atoms with Crippen LogP contribution in [-0.4, -0.2) is 51.0 Å². The van der Waals surface area contributed by atoms with Crippen LogP contribution in [0.15, 0.2) is 42.5 Å². The summed E-state index contributed by atoms with van der Waals surface area (Å²) in [5.41, 5.74) is 0.342. The molecular weight excluding hydrogens is 464 g/mol. The van der Waals surface area contributed by atoms with E-state index in [-0.39, 0.29) is 18.7 Å². The van der Waals surface area contributed by atoms with Crippen LogP contribution >= 0.6 is 11.6 Å². The average Bonchev–Trinajstić information content (AvgIpc) is 2.74. The van der Waals surface area contributed by atoms with E-state index in [0.29, 0.717) is 21.0 Å². The summed E-state index contributed by atoms with van der Waals surface area (Å²) >= 11 is 6.22. The van der Waals surface area contributed by atoms with E-state index in [9.17, 15) is 26.8 Å². The summed E-state index contributed by atoms with van der Waals surface area (Å²) < 4.78 is 52.5. The third kappa shape index (κ3) is 6.17. The number of carbonyl (C=O) groups is 2. The predicted octanol–water partition coefficient (Wildman–Crippen LogP) is 2.94. The lowest BCUT2D eigenvalue weighted by Crippen LogP contribution is -2.51. The van der Waals surface area contributed by atoms with Gasteiger partial charge in [-0.15, -0.1) is 0 Å². The lowest BCUT2D eigenvalue weighted by Gasteiger charge is -2.32. The van der Waals surface area contributed by atoms with Crippen LogP contribution in [0.1, 0.15) is 18.9 Å². The number of rotatable bonds is 9. The predicted molar refractivity (Wildman–Crippen MR) is 119 cm³/mol. The van der Waals surface area contributed by atoms with Crippen LogP contribution < -0.4 is 9.62 Å². The Morgan fingerprint density at radius 1 is 1.12 bits per heavy atom. The van der Waals surface area contributed by atoms with Crippen molar-refractivity contribution < 1.29 is 26.8 Å². The van der Waals surface area contributed by atoms with E-state index in [1.807, 2.05) is 0 Å². The standard InChI is InChI=1S/C21H24ClF2N3O4S/c1-4-19(21(29)25-2)26(12-14-7-5-6-8-16(14)22)20(28)13-27(32(3,30)31)15-9-10-17(23)18(24)11-15/h5-11,19H,4,12-13H2,1-3H3,(H,25,29)/t19-/m1/s1. The number of halogens is 3. The van der Waals surface area contributed by atoms with Crippen LogP contribution in [-0.2, 0) is 26.2 Å². The Morgan fingerprint density at radius 3 is 2.31 bits per heavy atom. The molecule has 0 aromatic heterocycles. The van der Waals surface area contributed by atoms with Crippen LogP contribution in [0.2, 0.25) is 5.02 Å². The molecule has 0 bridgehead atoms. The summed E-state index contributed by atoms with van der Waals surface area (Å²) in [6, 6.07) is 8.35. The molecular formula is C21H24ClF2N3O4S. The minimum Gasteiger partial charge on any atom is -0.357 e. The van der Waals surface area contributed by atoms with Crippen molar-refractivity contribution in [3.8, 4) is 0 Å². The number of amides is 2. The van der Waals surface area contributed by atoms with Gasteiger partial charge in [0.25, 0.3) is 0 Å². The Balaban J connectivity index is 2.46. The Hall–Kier alpha value is -2.72. The number of sulfonamides is 1. The van der Waals surface area contributed by atoms with E-state index in [1.165, 1.54) is 11.9 Å². The number of nitrogens with zero attached hydrogens (tertiary/aromatic N) is 2. The third-order valence-electron chi connectivity index (χ3n) is 4.80. The average molecular weight is 488 g/mol. The molecule has 174 valence electrons. The summed E-state index contributed by atoms with van der Waals surface area (Å²) in [5, 5.41) is 2.86. The van der Waals surface area contributed by atoms with E-state index >= 15 is 0 Å². The molecule has 0 spiro atoms. The summed E-state index contributed by atoms with van der Waals surface area (Å²) in [7, 11) is -2.62. The normalized spacial score (nSPS) is 12.2. The van der Waals surface area contributed by atoms with Gasteiger partial charge in [0.05, 0.1) is 11.9 Å². The summed E-state index contributed by atoms with van der Waals surface area (Å²) in [4.78, 5) is 26.9. The lowest BCUT2D eigenvalue weighted by molar-refractivity contribution is -0.140. The van der Waals surface area contributed by atoms with Gasteiger partial charge in [-0.1, -0.05) is 36.7 Å². The number of anilines is 1. The Labute approximate surface area is 191 Å². The van der Waals surface area contributed by atoms with Gasteiger partial charge in [0.15, 0.2) is 11.6 Å². The highest BCUT2D eigenvalue weighted by atomic mass is 35.5. The SMILES string of the molecule is CC[C@H](C(=O)NC)N(Cc1ccccc1Cl)C(=O)CN(c1ccc(F)c(F)c1)S(C)(=O)=O. The number of nitrogens with one attached hydrogen (secondary N) is 1. The zero-order valence-corrected chi connectivity index (χ0v) is 19.4. The summed E-state index contributed by atoms with van der Waals surface area (Å²) in [5.74, 6) is -3.56. The highest BCUT2D eigenvalue weighted by Crippen LogP contribution is 2.23. The fourth-order valence-electron chi connectivity index (χ4n) is 3.15. The fraction of sp³-hybridized carbons (Fsp3) is 0.333. The summed E-state index contributed by atoms with van der Waals surface area (Å²) in [6.45, 7) is 0.929. The van der Waals surface area contributed by atoms with Crippen molar-refractivity contribution in [1.29, 1.82) is 0 Å². The molecule has 0 unspecified atom stereocenters. The number of carbonyl (C=O) groups excluding carboxylic acids is 2. The molecule has 7 nitrogen and oxygen atoms in total. The van der Waals surface area contributed by atoms with Gasteiger partial charge in [-0.05, 0) is 30.2 Å². The molecule has 2 aromatic rings. The number of hydrogen-bond donors (Lipinski definition) is 1. The Kier molecular flexibility index (Phi) is 8.57. The maximum atomic E-state index is 13.7. The van der Waals surface area contributed by atoms with Gasteiger partial charge in [-0.25, -0.2) is 17.2 Å². The highest BCUT2D eigenvalue weighted by Gasteiger charge is 2.31. The van der Waals surface area contributed by atoms with Crippen LogP contribution in [0, 0.1) is 11.6 Å². The molecule has 32 heavy (non-hydrogen) atoms. The molecule has 2 rings (SSSR count). The molecule has 2 aromatic carbocycles. The van der Waals surface area contributed by atoms with Gasteiger partial charge >= 0.3 is 0 Å². The van der Waals surface area contributed by atoms with Gasteiger partial charge in [0.1, 0.15) is 12.6 Å². The van der Waals surface area contributed by atoms with Crippen LogP contribution in [0.4, 0.5) is 14.5 Å². The zero-order valence-electron chi connectivity index (χ0n) is 17.8. The minimum atomic E-state index is -4.05. The topological polar surface area (TPSA) is 86.8 Å². The summed E-state index contributed by atoms with van der Waals surface area (Å²) in [6.07, 6.45) is 1.09. The molecule has 1 atom stereocenters. The largest absolute Gasteiger partial charge is 0.357 e. The molecule has 0 radical (unpaired) electrons. The lowest BCUT2D eigenvalue weighted by atomic mass is 10.1. The molecule has 11 heteroatoms. The monoisotopic (exact) mass is 487 g/mol. The van der Waals surface area contributed by atoms with Crippen molar-refractivity contribution in [2.24, 2.45) is 0 Å². The van der Waals surface area contributed by atoms with Crippen LogP contribution in [0.3, 0.4) is 0 Å². The fourth-order valence-corrected chi connectivity index (χ4v) is 4.19. The third-order valence-corrected chi connectivity index (χ3v) is 6.31. The second-order valence-corrected chi connectivity index (χ2v) is 9.33. The maximum Gasteiger partial charge on any atom is 0.244 e. The first-order valence-electron chi connectivity index (χ1n) is 9.66. The number of hydrogen-bond acceptors (Lipinski definition) is 4. The van der Waals surface area contributed by atoms with E-state index in [1.54, 1.807) is 31.2 Å². The molecule has 0 heterocycles.